The van der Waals surface area contributed by atoms with Crippen LogP contribution in [0.25, 0.3) is 0 Å². The minimum atomic E-state index is -0.505. The molecule has 0 fully saturated rings. The lowest BCUT2D eigenvalue weighted by molar-refractivity contribution is -0.384. The zero-order chi connectivity index (χ0) is 14.7. The van der Waals surface area contributed by atoms with Crippen molar-refractivity contribution in [1.82, 2.24) is 0 Å². The van der Waals surface area contributed by atoms with Gasteiger partial charge in [-0.3, -0.25) is 10.1 Å². The number of rotatable bonds is 4. The molecule has 2 aromatic rings. The van der Waals surface area contributed by atoms with Gasteiger partial charge in [0.05, 0.1) is 9.95 Å². The van der Waals surface area contributed by atoms with Crippen LogP contribution in [0.4, 0.5) is 5.69 Å². The molecule has 0 N–H and O–H groups in total. The first-order valence-electron chi connectivity index (χ1n) is 5.78. The van der Waals surface area contributed by atoms with Gasteiger partial charge >= 0.3 is 0 Å². The van der Waals surface area contributed by atoms with Crippen LogP contribution in [0.1, 0.15) is 11.1 Å². The number of nitrogens with zero attached hydrogens (tertiary/aromatic N) is 1. The largest absolute Gasteiger partial charge is 0.456 e. The average molecular weight is 312 g/mol. The van der Waals surface area contributed by atoms with Crippen LogP contribution < -0.4 is 4.74 Å². The van der Waals surface area contributed by atoms with Gasteiger partial charge in [-0.05, 0) is 30.2 Å². The maximum Gasteiger partial charge on any atom is 0.271 e. The van der Waals surface area contributed by atoms with Crippen molar-refractivity contribution < 1.29 is 9.66 Å². The smallest absolute Gasteiger partial charge is 0.271 e. The number of hydrogen-bond donors (Lipinski definition) is 0. The van der Waals surface area contributed by atoms with Gasteiger partial charge in [0.1, 0.15) is 11.5 Å². The summed E-state index contributed by atoms with van der Waals surface area (Å²) in [7, 11) is 0. The summed E-state index contributed by atoms with van der Waals surface area (Å²) in [5, 5.41) is 10.8. The van der Waals surface area contributed by atoms with Gasteiger partial charge in [-0.15, -0.1) is 11.6 Å². The Labute approximate surface area is 126 Å². The molecular formula is C14H11Cl2NO3. The van der Waals surface area contributed by atoms with E-state index in [1.807, 2.05) is 25.1 Å². The lowest BCUT2D eigenvalue weighted by Gasteiger charge is -2.11. The normalized spacial score (nSPS) is 10.3. The summed E-state index contributed by atoms with van der Waals surface area (Å²) in [6.07, 6.45) is 0. The van der Waals surface area contributed by atoms with Gasteiger partial charge in [0.25, 0.3) is 5.69 Å². The summed E-state index contributed by atoms with van der Waals surface area (Å²) >= 11 is 11.8. The summed E-state index contributed by atoms with van der Waals surface area (Å²) in [5.41, 5.74) is 1.77. The molecule has 0 unspecified atom stereocenters. The van der Waals surface area contributed by atoms with E-state index in [4.69, 9.17) is 27.9 Å². The molecule has 4 nitrogen and oxygen atoms in total. The molecule has 0 aliphatic heterocycles. The monoisotopic (exact) mass is 311 g/mol. The first kappa shape index (κ1) is 14.6. The fourth-order valence-electron chi connectivity index (χ4n) is 1.64. The fraction of sp³-hybridized carbons (Fsp3) is 0.143. The van der Waals surface area contributed by atoms with E-state index in [2.05, 4.69) is 0 Å². The quantitative estimate of drug-likeness (QED) is 0.449. The molecule has 0 aliphatic carbocycles. The van der Waals surface area contributed by atoms with Gasteiger partial charge < -0.3 is 4.74 Å². The Morgan fingerprint density at radius 2 is 1.95 bits per heavy atom. The zero-order valence-corrected chi connectivity index (χ0v) is 12.1. The van der Waals surface area contributed by atoms with Crippen LogP contribution in [0.3, 0.4) is 0 Å². The van der Waals surface area contributed by atoms with E-state index in [1.54, 1.807) is 0 Å². The van der Waals surface area contributed by atoms with Crippen molar-refractivity contribution in [2.75, 3.05) is 0 Å². The Hall–Kier alpha value is -1.78. The summed E-state index contributed by atoms with van der Waals surface area (Å²) in [6, 6.07) is 9.71. The van der Waals surface area contributed by atoms with E-state index in [0.29, 0.717) is 17.4 Å². The minimum absolute atomic E-state index is 0.0754. The Bertz CT molecular complexity index is 659. The molecule has 0 spiro atoms. The molecule has 0 saturated carbocycles. The van der Waals surface area contributed by atoms with Gasteiger partial charge in [-0.2, -0.15) is 0 Å². The van der Waals surface area contributed by atoms with Crippen molar-refractivity contribution in [3.63, 3.8) is 0 Å². The van der Waals surface area contributed by atoms with Gasteiger partial charge in [0, 0.05) is 18.0 Å². The van der Waals surface area contributed by atoms with Gasteiger partial charge in [0.2, 0.25) is 0 Å². The second-order valence-electron chi connectivity index (χ2n) is 4.21. The summed E-state index contributed by atoms with van der Waals surface area (Å²) in [4.78, 5) is 10.1. The van der Waals surface area contributed by atoms with Gasteiger partial charge in [0.15, 0.2) is 0 Å². The summed E-state index contributed by atoms with van der Waals surface area (Å²) in [6.45, 7) is 1.90. The standard InChI is InChI=1S/C14H11Cl2NO3/c1-9-2-3-10(8-15)6-14(9)20-13-5-4-11(17(18)19)7-12(13)16/h2-7H,8H2,1H3. The van der Waals surface area contributed by atoms with Gasteiger partial charge in [-0.1, -0.05) is 23.7 Å². The lowest BCUT2D eigenvalue weighted by atomic mass is 10.1. The second kappa shape index (κ2) is 6.11. The van der Waals surface area contributed by atoms with Crippen molar-refractivity contribution in [2.24, 2.45) is 0 Å². The van der Waals surface area contributed by atoms with E-state index in [9.17, 15) is 10.1 Å². The van der Waals surface area contributed by atoms with Crippen LogP contribution in [0, 0.1) is 17.0 Å². The summed E-state index contributed by atoms with van der Waals surface area (Å²) in [5.74, 6) is 1.37. The molecule has 6 heteroatoms. The number of hydrogen-bond acceptors (Lipinski definition) is 3. The number of aryl methyl sites for hydroxylation is 1. The summed E-state index contributed by atoms with van der Waals surface area (Å²) < 4.78 is 5.70. The van der Waals surface area contributed by atoms with Crippen molar-refractivity contribution in [3.8, 4) is 11.5 Å². The average Bonchev–Trinajstić information content (AvgIpc) is 2.43. The van der Waals surface area contributed by atoms with Gasteiger partial charge in [-0.25, -0.2) is 0 Å². The third-order valence-corrected chi connectivity index (χ3v) is 3.36. The van der Waals surface area contributed by atoms with Crippen LogP contribution in [0.5, 0.6) is 11.5 Å². The molecular weight excluding hydrogens is 301 g/mol. The highest BCUT2D eigenvalue weighted by atomic mass is 35.5. The molecule has 104 valence electrons. The highest BCUT2D eigenvalue weighted by Gasteiger charge is 2.12. The third-order valence-electron chi connectivity index (χ3n) is 2.75. The Kier molecular flexibility index (Phi) is 4.47. The molecule has 0 bridgehead atoms. The second-order valence-corrected chi connectivity index (χ2v) is 4.88. The third kappa shape index (κ3) is 3.21. The van der Waals surface area contributed by atoms with Crippen molar-refractivity contribution in [3.05, 3.63) is 62.7 Å². The SMILES string of the molecule is Cc1ccc(CCl)cc1Oc1ccc([N+](=O)[O-])cc1Cl. The lowest BCUT2D eigenvalue weighted by Crippen LogP contribution is -1.92. The highest BCUT2D eigenvalue weighted by Crippen LogP contribution is 2.34. The molecule has 0 aliphatic rings. The topological polar surface area (TPSA) is 52.4 Å². The van der Waals surface area contributed by atoms with Crippen LogP contribution in [0.15, 0.2) is 36.4 Å². The van der Waals surface area contributed by atoms with E-state index in [1.165, 1.54) is 18.2 Å². The molecule has 0 heterocycles. The maximum absolute atomic E-state index is 10.7. The Morgan fingerprint density at radius 3 is 2.55 bits per heavy atom. The molecule has 2 aromatic carbocycles. The van der Waals surface area contributed by atoms with E-state index in [0.717, 1.165) is 11.1 Å². The van der Waals surface area contributed by atoms with Crippen LogP contribution in [-0.2, 0) is 5.88 Å². The molecule has 0 saturated heterocycles. The molecule has 2 rings (SSSR count). The van der Waals surface area contributed by atoms with E-state index < -0.39 is 4.92 Å². The zero-order valence-electron chi connectivity index (χ0n) is 10.6. The Balaban J connectivity index is 2.32. The first-order valence-corrected chi connectivity index (χ1v) is 6.70. The molecule has 0 aromatic heterocycles. The van der Waals surface area contributed by atoms with Crippen LogP contribution in [0.2, 0.25) is 5.02 Å². The van der Waals surface area contributed by atoms with Crippen LogP contribution in [-0.4, -0.2) is 4.92 Å². The number of alkyl halides is 1. The van der Waals surface area contributed by atoms with Crippen molar-refractivity contribution in [1.29, 1.82) is 0 Å². The predicted octanol–water partition coefficient (Wildman–Crippen LogP) is 5.09. The highest BCUT2D eigenvalue weighted by molar-refractivity contribution is 6.32. The number of non-ortho nitro benzene ring substituents is 1. The number of benzene rings is 2. The number of halogens is 2. The molecule has 0 radical (unpaired) electrons. The van der Waals surface area contributed by atoms with Crippen molar-refractivity contribution >= 4 is 28.9 Å². The molecule has 0 atom stereocenters. The fourth-order valence-corrected chi connectivity index (χ4v) is 2.02. The molecule has 0 amide bonds. The first-order chi connectivity index (χ1) is 9.51. The number of nitro benzene ring substituents is 1. The maximum atomic E-state index is 10.7. The van der Waals surface area contributed by atoms with Crippen LogP contribution >= 0.6 is 23.2 Å². The predicted molar refractivity (Wildman–Crippen MR) is 78.9 cm³/mol. The minimum Gasteiger partial charge on any atom is -0.456 e. The molecule has 20 heavy (non-hydrogen) atoms. The number of ether oxygens (including phenoxy) is 1. The number of nitro groups is 1. The van der Waals surface area contributed by atoms with E-state index >= 15 is 0 Å². The van der Waals surface area contributed by atoms with E-state index in [-0.39, 0.29) is 10.7 Å². The Morgan fingerprint density at radius 1 is 1.20 bits per heavy atom. The van der Waals surface area contributed by atoms with Crippen molar-refractivity contribution in [2.45, 2.75) is 12.8 Å².